The van der Waals surface area contributed by atoms with E-state index in [1.807, 2.05) is 36.0 Å². The van der Waals surface area contributed by atoms with Crippen LogP contribution in [0, 0.1) is 0 Å². The maximum atomic E-state index is 12.9. The van der Waals surface area contributed by atoms with Crippen LogP contribution in [0.2, 0.25) is 5.02 Å². The minimum atomic E-state index is -0.159. The van der Waals surface area contributed by atoms with E-state index in [0.717, 1.165) is 12.0 Å². The zero-order valence-electron chi connectivity index (χ0n) is 17.5. The number of benzene rings is 2. The quantitative estimate of drug-likeness (QED) is 0.498. The Morgan fingerprint density at radius 2 is 1.97 bits per heavy atom. The lowest BCUT2D eigenvalue weighted by atomic mass is 10.1. The van der Waals surface area contributed by atoms with Gasteiger partial charge in [0.1, 0.15) is 0 Å². The molecule has 0 saturated carbocycles. The summed E-state index contributed by atoms with van der Waals surface area (Å²) in [5.41, 5.74) is 2.56. The van der Waals surface area contributed by atoms with Crippen molar-refractivity contribution in [1.82, 2.24) is 14.7 Å². The second kappa shape index (κ2) is 10.2. The molecule has 0 saturated heterocycles. The van der Waals surface area contributed by atoms with Crippen molar-refractivity contribution in [3.8, 4) is 11.5 Å². The molecule has 2 aromatic carbocycles. The highest BCUT2D eigenvalue weighted by molar-refractivity contribution is 6.32. The summed E-state index contributed by atoms with van der Waals surface area (Å²) in [6.07, 6.45) is 4.58. The van der Waals surface area contributed by atoms with Crippen molar-refractivity contribution < 1.29 is 14.3 Å². The molecular formula is C23H26ClN3O3. The number of nitrogens with zero attached hydrogens (tertiary/aromatic N) is 3. The fourth-order valence-corrected chi connectivity index (χ4v) is 3.36. The lowest BCUT2D eigenvalue weighted by Gasteiger charge is -2.18. The van der Waals surface area contributed by atoms with E-state index in [-0.39, 0.29) is 5.91 Å². The molecule has 158 valence electrons. The van der Waals surface area contributed by atoms with Gasteiger partial charge in [-0.2, -0.15) is 5.10 Å². The van der Waals surface area contributed by atoms with Crippen molar-refractivity contribution in [2.75, 3.05) is 20.8 Å². The largest absolute Gasteiger partial charge is 0.493 e. The molecule has 0 aliphatic carbocycles. The molecule has 1 amide bonds. The summed E-state index contributed by atoms with van der Waals surface area (Å²) in [6.45, 7) is 3.65. The van der Waals surface area contributed by atoms with Crippen molar-refractivity contribution in [2.24, 2.45) is 0 Å². The topological polar surface area (TPSA) is 56.6 Å². The fraction of sp³-hybridized carbons (Fsp3) is 0.304. The van der Waals surface area contributed by atoms with E-state index >= 15 is 0 Å². The van der Waals surface area contributed by atoms with Crippen molar-refractivity contribution in [3.63, 3.8) is 0 Å². The minimum absolute atomic E-state index is 0.159. The molecule has 30 heavy (non-hydrogen) atoms. The zero-order valence-corrected chi connectivity index (χ0v) is 18.2. The second-order valence-corrected chi connectivity index (χ2v) is 7.44. The summed E-state index contributed by atoms with van der Waals surface area (Å²) in [5, 5.41) is 4.76. The monoisotopic (exact) mass is 427 g/mol. The van der Waals surface area contributed by atoms with Gasteiger partial charge in [-0.05, 0) is 24.1 Å². The molecule has 7 heteroatoms. The fourth-order valence-electron chi connectivity index (χ4n) is 3.10. The number of rotatable bonds is 9. The predicted molar refractivity (Wildman–Crippen MR) is 117 cm³/mol. The number of carbonyl (C=O) groups excluding carboxylic acids is 1. The molecule has 0 N–H and O–H groups in total. The van der Waals surface area contributed by atoms with Crippen molar-refractivity contribution >= 4 is 17.5 Å². The van der Waals surface area contributed by atoms with Crippen LogP contribution in [0.15, 0.2) is 54.9 Å². The predicted octanol–water partition coefficient (Wildman–Crippen LogP) is 4.65. The number of halogens is 1. The van der Waals surface area contributed by atoms with E-state index in [0.29, 0.717) is 41.8 Å². The van der Waals surface area contributed by atoms with Crippen LogP contribution in [0.5, 0.6) is 11.5 Å². The van der Waals surface area contributed by atoms with Crippen LogP contribution in [0.25, 0.3) is 0 Å². The average Bonchev–Trinajstić information content (AvgIpc) is 3.19. The molecule has 0 spiro atoms. The van der Waals surface area contributed by atoms with Gasteiger partial charge >= 0.3 is 0 Å². The van der Waals surface area contributed by atoms with Gasteiger partial charge in [-0.25, -0.2) is 0 Å². The third-order valence-electron chi connectivity index (χ3n) is 4.57. The third-order valence-corrected chi connectivity index (χ3v) is 4.85. The number of amides is 1. The van der Waals surface area contributed by atoms with Gasteiger partial charge in [0, 0.05) is 30.9 Å². The molecule has 0 bridgehead atoms. The maximum Gasteiger partial charge on any atom is 0.254 e. The lowest BCUT2D eigenvalue weighted by Crippen LogP contribution is -2.26. The average molecular weight is 428 g/mol. The van der Waals surface area contributed by atoms with Crippen LogP contribution in [0.3, 0.4) is 0 Å². The van der Waals surface area contributed by atoms with Crippen LogP contribution < -0.4 is 9.47 Å². The summed E-state index contributed by atoms with van der Waals surface area (Å²) < 4.78 is 12.9. The number of methoxy groups -OCH3 is 1. The van der Waals surface area contributed by atoms with Gasteiger partial charge in [0.15, 0.2) is 11.5 Å². The van der Waals surface area contributed by atoms with E-state index < -0.39 is 0 Å². The molecule has 3 aromatic rings. The molecule has 0 atom stereocenters. The first kappa shape index (κ1) is 21.7. The van der Waals surface area contributed by atoms with Crippen molar-refractivity contribution in [3.05, 3.63) is 76.6 Å². The standard InChI is InChI=1S/C23H26ClN3O3/c1-4-10-30-22-20(24)11-19(12-21(22)29-3)23(28)26(2)14-18-13-25-27(16-18)15-17-8-6-5-7-9-17/h5-9,11-13,16H,4,10,14-15H2,1-3H3. The van der Waals surface area contributed by atoms with Crippen LogP contribution in [0.4, 0.5) is 0 Å². The van der Waals surface area contributed by atoms with Crippen LogP contribution in [-0.4, -0.2) is 41.4 Å². The van der Waals surface area contributed by atoms with E-state index in [1.165, 1.54) is 12.7 Å². The Balaban J connectivity index is 1.69. The first-order valence-electron chi connectivity index (χ1n) is 9.82. The van der Waals surface area contributed by atoms with Gasteiger partial charge in [-0.1, -0.05) is 48.9 Å². The third kappa shape index (κ3) is 5.33. The summed E-state index contributed by atoms with van der Waals surface area (Å²) in [6, 6.07) is 13.4. The van der Waals surface area contributed by atoms with Gasteiger partial charge in [0.25, 0.3) is 5.91 Å². The Hall–Kier alpha value is -2.99. The molecule has 6 nitrogen and oxygen atoms in total. The number of carbonyl (C=O) groups is 1. The van der Waals surface area contributed by atoms with Crippen LogP contribution in [-0.2, 0) is 13.1 Å². The van der Waals surface area contributed by atoms with Gasteiger partial charge < -0.3 is 14.4 Å². The Morgan fingerprint density at radius 1 is 1.20 bits per heavy atom. The van der Waals surface area contributed by atoms with Crippen molar-refractivity contribution in [2.45, 2.75) is 26.4 Å². The highest BCUT2D eigenvalue weighted by Gasteiger charge is 2.19. The Morgan fingerprint density at radius 3 is 2.67 bits per heavy atom. The number of hydrogen-bond acceptors (Lipinski definition) is 4. The molecule has 0 aliphatic rings. The number of aromatic nitrogens is 2. The van der Waals surface area contributed by atoms with Crippen molar-refractivity contribution in [1.29, 1.82) is 0 Å². The van der Waals surface area contributed by atoms with E-state index in [2.05, 4.69) is 17.2 Å². The molecule has 0 aliphatic heterocycles. The van der Waals surface area contributed by atoms with E-state index in [1.54, 1.807) is 30.3 Å². The Kier molecular flexibility index (Phi) is 7.36. The Bertz CT molecular complexity index is 989. The van der Waals surface area contributed by atoms with Gasteiger partial charge in [-0.15, -0.1) is 0 Å². The highest BCUT2D eigenvalue weighted by atomic mass is 35.5. The summed E-state index contributed by atoms with van der Waals surface area (Å²) in [7, 11) is 3.28. The highest BCUT2D eigenvalue weighted by Crippen LogP contribution is 2.36. The summed E-state index contributed by atoms with van der Waals surface area (Å²) in [4.78, 5) is 14.6. The van der Waals surface area contributed by atoms with Gasteiger partial charge in [0.2, 0.25) is 0 Å². The lowest BCUT2D eigenvalue weighted by molar-refractivity contribution is 0.0784. The molecule has 3 rings (SSSR count). The molecule has 0 unspecified atom stereocenters. The smallest absolute Gasteiger partial charge is 0.254 e. The normalized spacial score (nSPS) is 10.7. The molecule has 1 aromatic heterocycles. The van der Waals surface area contributed by atoms with E-state index in [9.17, 15) is 4.79 Å². The summed E-state index contributed by atoms with van der Waals surface area (Å²) in [5.74, 6) is 0.749. The van der Waals surface area contributed by atoms with E-state index in [4.69, 9.17) is 21.1 Å². The molecular weight excluding hydrogens is 402 g/mol. The zero-order chi connectivity index (χ0) is 21.5. The van der Waals surface area contributed by atoms with Crippen LogP contribution >= 0.6 is 11.6 Å². The molecule has 0 fully saturated rings. The number of ether oxygens (including phenoxy) is 2. The van der Waals surface area contributed by atoms with Crippen LogP contribution in [0.1, 0.15) is 34.8 Å². The molecule has 1 heterocycles. The number of hydrogen-bond donors (Lipinski definition) is 0. The SMILES string of the molecule is CCCOc1c(Cl)cc(C(=O)N(C)Cc2cnn(Cc3ccccc3)c2)cc1OC. The summed E-state index contributed by atoms with van der Waals surface area (Å²) >= 11 is 6.35. The molecule has 0 radical (unpaired) electrons. The first-order chi connectivity index (χ1) is 14.5. The maximum absolute atomic E-state index is 12.9. The minimum Gasteiger partial charge on any atom is -0.493 e. The van der Waals surface area contributed by atoms with Gasteiger partial charge in [0.05, 0.1) is 31.5 Å². The Labute approximate surface area is 182 Å². The second-order valence-electron chi connectivity index (χ2n) is 7.03. The van der Waals surface area contributed by atoms with Gasteiger partial charge in [-0.3, -0.25) is 9.48 Å². The first-order valence-corrected chi connectivity index (χ1v) is 10.2.